The van der Waals surface area contributed by atoms with Gasteiger partial charge in [0.15, 0.2) is 0 Å². The molecule has 1 fully saturated rings. The SMILES string of the molecule is CN(C)C1CCN(S(=O)(=O)c2ccc(C#N)nc2)C1. The number of likely N-dealkylation sites (N-methyl/N-ethyl adjacent to an activating group) is 1. The first kappa shape index (κ1) is 13.9. The van der Waals surface area contributed by atoms with Gasteiger partial charge in [-0.1, -0.05) is 0 Å². The van der Waals surface area contributed by atoms with E-state index in [0.29, 0.717) is 13.1 Å². The summed E-state index contributed by atoms with van der Waals surface area (Å²) in [5, 5.41) is 8.66. The van der Waals surface area contributed by atoms with Crippen molar-refractivity contribution < 1.29 is 8.42 Å². The summed E-state index contributed by atoms with van der Waals surface area (Å²) in [4.78, 5) is 5.99. The van der Waals surface area contributed by atoms with Crippen LogP contribution in [0.4, 0.5) is 0 Å². The van der Waals surface area contributed by atoms with Crippen LogP contribution >= 0.6 is 0 Å². The summed E-state index contributed by atoms with van der Waals surface area (Å²) >= 11 is 0. The minimum absolute atomic E-state index is 0.144. The number of hydrogen-bond donors (Lipinski definition) is 0. The Morgan fingerprint density at radius 1 is 1.47 bits per heavy atom. The maximum atomic E-state index is 12.4. The van der Waals surface area contributed by atoms with E-state index in [1.54, 1.807) is 0 Å². The van der Waals surface area contributed by atoms with E-state index < -0.39 is 10.0 Å². The van der Waals surface area contributed by atoms with Gasteiger partial charge < -0.3 is 4.90 Å². The Bertz CT molecular complexity index is 589. The van der Waals surface area contributed by atoms with Crippen molar-refractivity contribution in [1.29, 1.82) is 5.26 Å². The highest BCUT2D eigenvalue weighted by atomic mass is 32.2. The third kappa shape index (κ3) is 2.76. The summed E-state index contributed by atoms with van der Waals surface area (Å²) in [6.07, 6.45) is 2.08. The zero-order chi connectivity index (χ0) is 14.0. The fourth-order valence-electron chi connectivity index (χ4n) is 2.10. The van der Waals surface area contributed by atoms with Gasteiger partial charge in [-0.2, -0.15) is 9.57 Å². The second-order valence-corrected chi connectivity index (χ2v) is 6.70. The molecular formula is C12H16N4O2S. The van der Waals surface area contributed by atoms with Crippen molar-refractivity contribution in [1.82, 2.24) is 14.2 Å². The minimum atomic E-state index is -3.50. The van der Waals surface area contributed by atoms with Crippen LogP contribution in [0.3, 0.4) is 0 Å². The molecule has 1 aliphatic heterocycles. The van der Waals surface area contributed by atoms with Crippen LogP contribution in [0.2, 0.25) is 0 Å². The molecule has 1 aliphatic rings. The molecule has 1 aromatic rings. The van der Waals surface area contributed by atoms with Gasteiger partial charge in [0.05, 0.1) is 0 Å². The van der Waals surface area contributed by atoms with Crippen LogP contribution in [-0.2, 0) is 10.0 Å². The van der Waals surface area contributed by atoms with Gasteiger partial charge in [-0.25, -0.2) is 13.4 Å². The van der Waals surface area contributed by atoms with E-state index in [1.807, 2.05) is 25.1 Å². The molecule has 0 aliphatic carbocycles. The second kappa shape index (κ2) is 5.25. The maximum Gasteiger partial charge on any atom is 0.244 e. The molecule has 0 N–H and O–H groups in total. The highest BCUT2D eigenvalue weighted by Gasteiger charge is 2.33. The molecule has 0 radical (unpaired) electrons. The molecule has 0 spiro atoms. The minimum Gasteiger partial charge on any atom is -0.305 e. The lowest BCUT2D eigenvalue weighted by Gasteiger charge is -2.20. The zero-order valence-electron chi connectivity index (χ0n) is 10.9. The molecule has 0 amide bonds. The fourth-order valence-corrected chi connectivity index (χ4v) is 3.54. The Hall–Kier alpha value is -1.49. The lowest BCUT2D eigenvalue weighted by Crippen LogP contribution is -2.34. The molecule has 1 unspecified atom stereocenters. The quantitative estimate of drug-likeness (QED) is 0.794. The number of pyridine rings is 1. The molecule has 19 heavy (non-hydrogen) atoms. The number of sulfonamides is 1. The van der Waals surface area contributed by atoms with Crippen LogP contribution in [0.5, 0.6) is 0 Å². The van der Waals surface area contributed by atoms with E-state index in [9.17, 15) is 8.42 Å². The van der Waals surface area contributed by atoms with E-state index in [4.69, 9.17) is 5.26 Å². The molecule has 1 aromatic heterocycles. The average molecular weight is 280 g/mol. The largest absolute Gasteiger partial charge is 0.305 e. The third-order valence-electron chi connectivity index (χ3n) is 3.35. The van der Waals surface area contributed by atoms with Crippen LogP contribution in [0.25, 0.3) is 0 Å². The van der Waals surface area contributed by atoms with Gasteiger partial charge in [0.1, 0.15) is 16.7 Å². The summed E-state index contributed by atoms with van der Waals surface area (Å²) in [7, 11) is 0.402. The molecule has 1 saturated heterocycles. The highest BCUT2D eigenvalue weighted by molar-refractivity contribution is 7.89. The van der Waals surface area contributed by atoms with E-state index in [1.165, 1.54) is 22.6 Å². The van der Waals surface area contributed by atoms with Crippen LogP contribution in [0.15, 0.2) is 23.2 Å². The first-order valence-electron chi connectivity index (χ1n) is 5.98. The topological polar surface area (TPSA) is 77.3 Å². The molecule has 2 rings (SSSR count). The molecule has 6 nitrogen and oxygen atoms in total. The molecule has 1 atom stereocenters. The summed E-state index contributed by atoms with van der Waals surface area (Å²) in [5.74, 6) is 0. The van der Waals surface area contributed by atoms with Crippen LogP contribution in [0.1, 0.15) is 12.1 Å². The first-order chi connectivity index (χ1) is 8.95. The van der Waals surface area contributed by atoms with Crippen molar-refractivity contribution in [2.24, 2.45) is 0 Å². The van der Waals surface area contributed by atoms with E-state index in [2.05, 4.69) is 4.98 Å². The summed E-state index contributed by atoms with van der Waals surface area (Å²) in [5.41, 5.74) is 0.214. The Morgan fingerprint density at radius 2 is 2.21 bits per heavy atom. The first-order valence-corrected chi connectivity index (χ1v) is 7.42. The second-order valence-electron chi connectivity index (χ2n) is 4.76. The maximum absolute atomic E-state index is 12.4. The lowest BCUT2D eigenvalue weighted by atomic mass is 10.2. The smallest absolute Gasteiger partial charge is 0.244 e. The number of aromatic nitrogens is 1. The standard InChI is InChI=1S/C12H16N4O2S/c1-15(2)11-5-6-16(9-11)19(17,18)12-4-3-10(7-13)14-8-12/h3-4,8,11H,5-6,9H2,1-2H3. The number of hydrogen-bond acceptors (Lipinski definition) is 5. The van der Waals surface area contributed by atoms with Crippen molar-refractivity contribution in [3.8, 4) is 6.07 Å². The molecule has 0 saturated carbocycles. The number of rotatable bonds is 3. The van der Waals surface area contributed by atoms with Gasteiger partial charge in [-0.15, -0.1) is 0 Å². The lowest BCUT2D eigenvalue weighted by molar-refractivity contribution is 0.302. The molecule has 102 valence electrons. The molecule has 7 heteroatoms. The Morgan fingerprint density at radius 3 is 2.68 bits per heavy atom. The predicted octanol–water partition coefficient (Wildman–Crippen LogP) is 0.278. The van der Waals surface area contributed by atoms with Gasteiger partial charge in [0, 0.05) is 25.3 Å². The third-order valence-corrected chi connectivity index (χ3v) is 5.19. The van der Waals surface area contributed by atoms with Crippen molar-refractivity contribution in [3.63, 3.8) is 0 Å². The van der Waals surface area contributed by atoms with E-state index >= 15 is 0 Å². The van der Waals surface area contributed by atoms with Crippen molar-refractivity contribution in [2.75, 3.05) is 27.2 Å². The van der Waals surface area contributed by atoms with Crippen molar-refractivity contribution >= 4 is 10.0 Å². The van der Waals surface area contributed by atoms with Crippen LogP contribution in [-0.4, -0.2) is 55.8 Å². The summed E-state index contributed by atoms with van der Waals surface area (Å²) in [6.45, 7) is 1.01. The predicted molar refractivity (Wildman–Crippen MR) is 69.8 cm³/mol. The molecule has 0 bridgehead atoms. The number of nitrogens with zero attached hydrogens (tertiary/aromatic N) is 4. The van der Waals surface area contributed by atoms with Gasteiger partial charge >= 0.3 is 0 Å². The van der Waals surface area contributed by atoms with Gasteiger partial charge in [0.2, 0.25) is 10.0 Å². The average Bonchev–Trinajstić information content (AvgIpc) is 2.89. The Balaban J connectivity index is 2.21. The Labute approximate surface area is 113 Å². The normalized spacial score (nSPS) is 20.6. The van der Waals surface area contributed by atoms with Gasteiger partial charge in [-0.05, 0) is 32.6 Å². The van der Waals surface area contributed by atoms with Crippen LogP contribution in [0, 0.1) is 11.3 Å². The van der Waals surface area contributed by atoms with Gasteiger partial charge in [-0.3, -0.25) is 0 Å². The molecular weight excluding hydrogens is 264 g/mol. The zero-order valence-corrected chi connectivity index (χ0v) is 11.8. The monoisotopic (exact) mass is 280 g/mol. The van der Waals surface area contributed by atoms with Crippen molar-refractivity contribution in [2.45, 2.75) is 17.4 Å². The summed E-state index contributed by atoms with van der Waals surface area (Å²) < 4.78 is 26.2. The number of nitriles is 1. The Kier molecular flexibility index (Phi) is 3.85. The van der Waals surface area contributed by atoms with Crippen molar-refractivity contribution in [3.05, 3.63) is 24.0 Å². The van der Waals surface area contributed by atoms with E-state index in [0.717, 1.165) is 6.42 Å². The molecule has 0 aromatic carbocycles. The molecule has 2 heterocycles. The van der Waals surface area contributed by atoms with E-state index in [-0.39, 0.29) is 16.6 Å². The highest BCUT2D eigenvalue weighted by Crippen LogP contribution is 2.22. The van der Waals surface area contributed by atoms with Crippen LogP contribution < -0.4 is 0 Å². The summed E-state index contributed by atoms with van der Waals surface area (Å²) in [6, 6.07) is 4.98. The fraction of sp³-hybridized carbons (Fsp3) is 0.500. The van der Waals surface area contributed by atoms with Gasteiger partial charge in [0.25, 0.3) is 0 Å².